The highest BCUT2D eigenvalue weighted by atomic mass is 16.5. The second-order valence-corrected chi connectivity index (χ2v) is 17.2. The van der Waals surface area contributed by atoms with Crippen LogP contribution in [0.25, 0.3) is 6.08 Å². The fourth-order valence-corrected chi connectivity index (χ4v) is 13.3. The minimum atomic E-state index is -0.416. The number of hydrogen-bond donors (Lipinski definition) is 1. The normalized spacial score (nSPS) is 53.7. The summed E-state index contributed by atoms with van der Waals surface area (Å²) in [4.78, 5) is 13.7. The van der Waals surface area contributed by atoms with Crippen LogP contribution >= 0.6 is 0 Å². The molecule has 0 aromatic carbocycles. The maximum Gasteiger partial charge on any atom is 0.161 e. The molecule has 5 aliphatic carbocycles. The number of rotatable bonds is 3. The average Bonchev–Trinajstić information content (AvgIpc) is 3.45. The van der Waals surface area contributed by atoms with Gasteiger partial charge in [0.2, 0.25) is 0 Å². The van der Waals surface area contributed by atoms with Crippen molar-refractivity contribution in [2.75, 3.05) is 6.61 Å². The maximum absolute atomic E-state index is 13.7. The first kappa shape index (κ1) is 28.4. The average molecular weight is 563 g/mol. The quantitative estimate of drug-likeness (QED) is 0.376. The molecule has 0 unspecified atom stereocenters. The third kappa shape index (κ3) is 3.50. The number of aliphatic hydroxyl groups excluding tert-OH is 1. The summed E-state index contributed by atoms with van der Waals surface area (Å²) in [5.74, 6) is 3.83. The van der Waals surface area contributed by atoms with Crippen molar-refractivity contribution >= 4 is 11.9 Å². The van der Waals surface area contributed by atoms with Crippen LogP contribution < -0.4 is 0 Å². The molecular weight excluding hydrogens is 508 g/mol. The Morgan fingerprint density at radius 3 is 2.46 bits per heavy atom. The zero-order chi connectivity index (χ0) is 29.2. The van der Waals surface area contributed by atoms with Gasteiger partial charge in [-0.1, -0.05) is 41.5 Å². The van der Waals surface area contributed by atoms with Gasteiger partial charge in [0.1, 0.15) is 5.76 Å². The summed E-state index contributed by atoms with van der Waals surface area (Å²) in [5.41, 5.74) is 0.629. The molecule has 0 amide bonds. The molecule has 1 aromatic heterocycles. The molecule has 5 saturated carbocycles. The van der Waals surface area contributed by atoms with Crippen LogP contribution in [0.3, 0.4) is 0 Å². The lowest BCUT2D eigenvalue weighted by Gasteiger charge is -2.76. The maximum atomic E-state index is 13.7. The number of carbonyl (C=O) groups excluding carboxylic acids is 1. The van der Waals surface area contributed by atoms with Crippen molar-refractivity contribution in [1.82, 2.24) is 0 Å². The highest BCUT2D eigenvalue weighted by Crippen LogP contribution is 2.78. The molecule has 7 fully saturated rings. The molecule has 7 aliphatic rings. The predicted molar refractivity (Wildman–Crippen MR) is 162 cm³/mol. The standard InChI is InChI=1S/C37H54O4/c1-23-31-25-11-13-29-33(4)16-15-30(39)32(2,3)28(33)14-17-35(29,6)34(25,5)18-19-37(31)21-26(36(23,7)41-22-37)27(38)12-10-24-9-8-20-40-24/h8-10,12,20,23,25-26,28-31,39H,11,13-19,21-22H2,1-7H3/b12-10-/t23-,25+,26+,28-,29+,30-,31-,33-,34+,35+,36-,37-/m0/s1. The SMILES string of the molecule is C[C@H]1[C@H]2[C@H]3CC[C@@H]4[C@@]5(C)CC[C@H](O)C(C)(C)[C@@H]5CC[C@@]4(C)[C@]3(C)CC[C@]23CO[C@]1(C)[C@@H](C(=O)/C=C\c1ccco1)C3. The van der Waals surface area contributed by atoms with Crippen molar-refractivity contribution in [3.8, 4) is 0 Å². The van der Waals surface area contributed by atoms with Gasteiger partial charge < -0.3 is 14.3 Å². The molecule has 4 heteroatoms. The number of aliphatic hydroxyl groups is 1. The Morgan fingerprint density at radius 2 is 1.73 bits per heavy atom. The third-order valence-corrected chi connectivity index (χ3v) is 15.9. The lowest BCUT2D eigenvalue weighted by atomic mass is 9.30. The van der Waals surface area contributed by atoms with Gasteiger partial charge in [-0.05, 0) is 146 Å². The van der Waals surface area contributed by atoms with Crippen molar-refractivity contribution in [2.45, 2.75) is 118 Å². The molecule has 0 radical (unpaired) electrons. The van der Waals surface area contributed by atoms with Gasteiger partial charge in [0.25, 0.3) is 0 Å². The van der Waals surface area contributed by atoms with Gasteiger partial charge in [0.15, 0.2) is 5.78 Å². The predicted octanol–water partition coefficient (Wildman–Crippen LogP) is 8.34. The van der Waals surface area contributed by atoms with E-state index in [9.17, 15) is 9.90 Å². The Hall–Kier alpha value is -1.39. The Kier molecular flexibility index (Phi) is 6.12. The van der Waals surface area contributed by atoms with E-state index in [1.165, 1.54) is 44.9 Å². The smallest absolute Gasteiger partial charge is 0.161 e. The van der Waals surface area contributed by atoms with Crippen LogP contribution in [0.1, 0.15) is 112 Å². The summed E-state index contributed by atoms with van der Waals surface area (Å²) in [6.45, 7) is 18.2. The van der Waals surface area contributed by atoms with E-state index in [2.05, 4.69) is 48.5 Å². The van der Waals surface area contributed by atoms with Crippen LogP contribution in [0, 0.1) is 62.6 Å². The van der Waals surface area contributed by atoms with Gasteiger partial charge in [-0.25, -0.2) is 0 Å². The highest BCUT2D eigenvalue weighted by molar-refractivity contribution is 5.96. The first-order valence-corrected chi connectivity index (χ1v) is 16.8. The van der Waals surface area contributed by atoms with Crippen LogP contribution in [-0.4, -0.2) is 29.2 Å². The third-order valence-electron chi connectivity index (χ3n) is 15.9. The minimum Gasteiger partial charge on any atom is -0.465 e. The summed E-state index contributed by atoms with van der Waals surface area (Å²) in [6.07, 6.45) is 15.8. The largest absolute Gasteiger partial charge is 0.465 e. The Bertz CT molecular complexity index is 1230. The van der Waals surface area contributed by atoms with E-state index in [-0.39, 0.29) is 28.6 Å². The van der Waals surface area contributed by atoms with Gasteiger partial charge in [-0.15, -0.1) is 0 Å². The summed E-state index contributed by atoms with van der Waals surface area (Å²) in [7, 11) is 0. The molecule has 1 spiro atoms. The van der Waals surface area contributed by atoms with E-state index in [0.29, 0.717) is 39.9 Å². The van der Waals surface area contributed by atoms with E-state index < -0.39 is 5.60 Å². The summed E-state index contributed by atoms with van der Waals surface area (Å²) in [6, 6.07) is 3.76. The fourth-order valence-electron chi connectivity index (χ4n) is 13.3. The molecule has 3 heterocycles. The van der Waals surface area contributed by atoms with Crippen molar-refractivity contribution in [3.05, 3.63) is 30.2 Å². The number of fused-ring (bicyclic) bond motifs is 7. The molecule has 2 bridgehead atoms. The fraction of sp³-hybridized carbons (Fsp3) is 0.811. The van der Waals surface area contributed by atoms with E-state index in [0.717, 1.165) is 31.1 Å². The van der Waals surface area contributed by atoms with Crippen LogP contribution in [0.4, 0.5) is 0 Å². The second kappa shape index (κ2) is 8.84. The summed E-state index contributed by atoms with van der Waals surface area (Å²) >= 11 is 0. The molecule has 1 N–H and O–H groups in total. The van der Waals surface area contributed by atoms with E-state index in [4.69, 9.17) is 9.15 Å². The van der Waals surface area contributed by atoms with E-state index in [1.807, 2.05) is 18.2 Å². The molecular formula is C37H54O4. The summed E-state index contributed by atoms with van der Waals surface area (Å²) in [5, 5.41) is 11.0. The molecule has 12 atom stereocenters. The zero-order valence-corrected chi connectivity index (χ0v) is 26.7. The van der Waals surface area contributed by atoms with Gasteiger partial charge in [0.05, 0.1) is 30.5 Å². The molecule has 1 aromatic rings. The summed E-state index contributed by atoms with van der Waals surface area (Å²) < 4.78 is 12.2. The highest BCUT2D eigenvalue weighted by Gasteiger charge is 2.73. The minimum absolute atomic E-state index is 0.00138. The number of allylic oxidation sites excluding steroid dienone is 1. The molecule has 41 heavy (non-hydrogen) atoms. The zero-order valence-electron chi connectivity index (χ0n) is 26.7. The molecule has 226 valence electrons. The molecule has 2 saturated heterocycles. The van der Waals surface area contributed by atoms with Crippen LogP contribution in [-0.2, 0) is 9.53 Å². The van der Waals surface area contributed by atoms with Crippen molar-refractivity contribution < 1.29 is 19.1 Å². The number of ketones is 1. The Morgan fingerprint density at radius 1 is 0.951 bits per heavy atom. The lowest BCUT2D eigenvalue weighted by molar-refractivity contribution is -0.319. The second-order valence-electron chi connectivity index (χ2n) is 17.2. The first-order chi connectivity index (χ1) is 19.2. The van der Waals surface area contributed by atoms with E-state index >= 15 is 0 Å². The molecule has 2 aliphatic heterocycles. The number of carbonyl (C=O) groups is 1. The van der Waals surface area contributed by atoms with Gasteiger partial charge in [-0.2, -0.15) is 0 Å². The van der Waals surface area contributed by atoms with Crippen molar-refractivity contribution in [2.24, 2.45) is 62.6 Å². The van der Waals surface area contributed by atoms with E-state index in [1.54, 1.807) is 12.3 Å². The number of ether oxygens (including phenoxy) is 1. The van der Waals surface area contributed by atoms with Crippen LogP contribution in [0.5, 0.6) is 0 Å². The monoisotopic (exact) mass is 562 g/mol. The van der Waals surface area contributed by atoms with Crippen molar-refractivity contribution in [1.29, 1.82) is 0 Å². The van der Waals surface area contributed by atoms with Crippen LogP contribution in [0.2, 0.25) is 0 Å². The number of furan rings is 1. The van der Waals surface area contributed by atoms with Gasteiger partial charge in [0, 0.05) is 0 Å². The van der Waals surface area contributed by atoms with Gasteiger partial charge >= 0.3 is 0 Å². The molecule has 8 rings (SSSR count). The molecule has 4 nitrogen and oxygen atoms in total. The van der Waals surface area contributed by atoms with Crippen LogP contribution in [0.15, 0.2) is 28.9 Å². The topological polar surface area (TPSA) is 59.7 Å². The van der Waals surface area contributed by atoms with Gasteiger partial charge in [-0.3, -0.25) is 4.79 Å². The lowest BCUT2D eigenvalue weighted by Crippen LogP contribution is -2.73. The van der Waals surface area contributed by atoms with Crippen molar-refractivity contribution in [3.63, 3.8) is 0 Å². The Labute approximate surface area is 248 Å². The number of hydrogen-bond acceptors (Lipinski definition) is 4. The Balaban J connectivity index is 1.20. The first-order valence-electron chi connectivity index (χ1n) is 16.8.